The molecule has 0 spiro atoms. The van der Waals surface area contributed by atoms with Crippen LogP contribution >= 0.6 is 15.9 Å². The molecule has 0 aromatic heterocycles. The summed E-state index contributed by atoms with van der Waals surface area (Å²) in [7, 11) is 1.56. The fraction of sp³-hybridized carbons (Fsp3) is 0.333. The van der Waals surface area contributed by atoms with Crippen LogP contribution in [-0.4, -0.2) is 25.7 Å². The van der Waals surface area contributed by atoms with E-state index in [1.165, 1.54) is 0 Å². The highest BCUT2D eigenvalue weighted by Gasteiger charge is 2.32. The van der Waals surface area contributed by atoms with Crippen LogP contribution in [0.1, 0.15) is 37.9 Å². The third-order valence-electron chi connectivity index (χ3n) is 4.96. The number of nitrogens with one attached hydrogen (secondary N) is 3. The van der Waals surface area contributed by atoms with Gasteiger partial charge in [0.25, 0.3) is 5.91 Å². The van der Waals surface area contributed by atoms with Crippen LogP contribution in [0, 0.1) is 5.92 Å². The van der Waals surface area contributed by atoms with Crippen LogP contribution in [0.2, 0.25) is 0 Å². The first-order valence-corrected chi connectivity index (χ1v) is 11.2. The minimum Gasteiger partial charge on any atom is -0.493 e. The number of urea groups is 1. The van der Waals surface area contributed by atoms with Crippen LogP contribution in [0.25, 0.3) is 0 Å². The summed E-state index contributed by atoms with van der Waals surface area (Å²) in [5.74, 6) is 1.19. The predicted octanol–water partition coefficient (Wildman–Crippen LogP) is 4.44. The van der Waals surface area contributed by atoms with Gasteiger partial charge in [0.1, 0.15) is 0 Å². The number of allylic oxidation sites excluding steroid dienone is 1. The zero-order chi connectivity index (χ0) is 23.3. The van der Waals surface area contributed by atoms with Gasteiger partial charge in [0.15, 0.2) is 11.5 Å². The van der Waals surface area contributed by atoms with Gasteiger partial charge in [0, 0.05) is 12.2 Å². The molecule has 0 radical (unpaired) electrons. The van der Waals surface area contributed by atoms with Gasteiger partial charge in [-0.25, -0.2) is 4.79 Å². The second-order valence-electron chi connectivity index (χ2n) is 7.98. The lowest BCUT2D eigenvalue weighted by Crippen LogP contribution is -2.46. The van der Waals surface area contributed by atoms with Gasteiger partial charge in [-0.3, -0.25) is 4.79 Å². The lowest BCUT2D eigenvalue weighted by atomic mass is 9.94. The molecule has 3 rings (SSSR count). The van der Waals surface area contributed by atoms with E-state index < -0.39 is 6.04 Å². The van der Waals surface area contributed by atoms with Crippen molar-refractivity contribution in [3.63, 3.8) is 0 Å². The van der Waals surface area contributed by atoms with E-state index in [0.29, 0.717) is 51.9 Å². The summed E-state index contributed by atoms with van der Waals surface area (Å²) < 4.78 is 12.1. The monoisotopic (exact) mass is 501 g/mol. The molecule has 0 saturated heterocycles. The Labute approximate surface area is 196 Å². The number of rotatable bonds is 8. The maximum atomic E-state index is 13.1. The molecule has 1 aliphatic heterocycles. The van der Waals surface area contributed by atoms with E-state index >= 15 is 0 Å². The second-order valence-corrected chi connectivity index (χ2v) is 8.83. The molecular formula is C24H28BrN3O4. The van der Waals surface area contributed by atoms with Crippen LogP contribution in [0.4, 0.5) is 4.79 Å². The third kappa shape index (κ3) is 5.62. The van der Waals surface area contributed by atoms with Crippen molar-refractivity contribution < 1.29 is 19.1 Å². The highest BCUT2D eigenvalue weighted by atomic mass is 79.9. The third-order valence-corrected chi connectivity index (χ3v) is 5.54. The van der Waals surface area contributed by atoms with E-state index in [4.69, 9.17) is 9.47 Å². The van der Waals surface area contributed by atoms with Crippen LogP contribution < -0.4 is 25.4 Å². The van der Waals surface area contributed by atoms with E-state index in [1.54, 1.807) is 20.1 Å². The molecular weight excluding hydrogens is 474 g/mol. The molecule has 3 amide bonds. The molecule has 32 heavy (non-hydrogen) atoms. The van der Waals surface area contributed by atoms with Crippen molar-refractivity contribution in [1.82, 2.24) is 16.0 Å². The number of ether oxygens (including phenoxy) is 2. The number of hydrogen-bond donors (Lipinski definition) is 3. The Morgan fingerprint density at radius 1 is 1.22 bits per heavy atom. The first-order valence-electron chi connectivity index (χ1n) is 10.4. The largest absolute Gasteiger partial charge is 0.493 e. The molecule has 1 heterocycles. The zero-order valence-corrected chi connectivity index (χ0v) is 20.2. The Kier molecular flexibility index (Phi) is 7.80. The molecule has 1 unspecified atom stereocenters. The summed E-state index contributed by atoms with van der Waals surface area (Å²) in [4.78, 5) is 25.4. The minimum absolute atomic E-state index is 0.265. The normalized spacial score (nSPS) is 15.8. The van der Waals surface area contributed by atoms with Crippen molar-refractivity contribution in [3.05, 3.63) is 69.3 Å². The van der Waals surface area contributed by atoms with Gasteiger partial charge >= 0.3 is 6.03 Å². The number of hydrogen-bond acceptors (Lipinski definition) is 4. The summed E-state index contributed by atoms with van der Waals surface area (Å²) in [6, 6.07) is 12.3. The van der Waals surface area contributed by atoms with Gasteiger partial charge in [0.2, 0.25) is 0 Å². The maximum absolute atomic E-state index is 13.1. The summed E-state index contributed by atoms with van der Waals surface area (Å²) in [6.45, 7) is 6.76. The van der Waals surface area contributed by atoms with Crippen molar-refractivity contribution in [2.45, 2.75) is 33.4 Å². The van der Waals surface area contributed by atoms with Crippen molar-refractivity contribution >= 4 is 27.9 Å². The van der Waals surface area contributed by atoms with Crippen LogP contribution in [0.3, 0.4) is 0 Å². The van der Waals surface area contributed by atoms with E-state index in [1.807, 2.05) is 36.4 Å². The van der Waals surface area contributed by atoms with E-state index in [2.05, 4.69) is 45.7 Å². The first kappa shape index (κ1) is 23.7. The first-order chi connectivity index (χ1) is 15.3. The van der Waals surface area contributed by atoms with Gasteiger partial charge in [-0.15, -0.1) is 0 Å². The molecule has 2 aromatic rings. The van der Waals surface area contributed by atoms with Crippen molar-refractivity contribution in [3.8, 4) is 11.5 Å². The zero-order valence-electron chi connectivity index (χ0n) is 18.6. The topological polar surface area (TPSA) is 88.7 Å². The average molecular weight is 502 g/mol. The lowest BCUT2D eigenvalue weighted by Gasteiger charge is -2.29. The van der Waals surface area contributed by atoms with Crippen molar-refractivity contribution in [2.24, 2.45) is 5.92 Å². The number of methoxy groups -OCH3 is 1. The number of amides is 3. The number of carbonyl (C=O) groups excluding carboxylic acids is 2. The molecule has 1 atom stereocenters. The SMILES string of the molecule is COc1cc(C2NC(=O)NC(C)=C2C(=O)NCc2ccccc2)cc(Br)c1OCC(C)C. The quantitative estimate of drug-likeness (QED) is 0.498. The van der Waals surface area contributed by atoms with E-state index in [0.717, 1.165) is 5.56 Å². The lowest BCUT2D eigenvalue weighted by molar-refractivity contribution is -0.118. The molecule has 0 saturated carbocycles. The molecule has 1 aliphatic rings. The molecule has 0 fully saturated rings. The Balaban J connectivity index is 1.91. The smallest absolute Gasteiger partial charge is 0.319 e. The Hall–Kier alpha value is -3.00. The molecule has 8 heteroatoms. The van der Waals surface area contributed by atoms with Gasteiger partial charge in [-0.2, -0.15) is 0 Å². The summed E-state index contributed by atoms with van der Waals surface area (Å²) in [6.07, 6.45) is 0. The standard InChI is InChI=1S/C24H28BrN3O4/c1-14(2)13-32-22-18(25)10-17(11-19(22)31-4)21-20(15(3)27-24(30)28-21)23(29)26-12-16-8-6-5-7-9-16/h5-11,14,21H,12-13H2,1-4H3,(H,26,29)(H2,27,28,30). The summed E-state index contributed by atoms with van der Waals surface area (Å²) in [5, 5.41) is 8.50. The Bertz CT molecular complexity index is 1020. The molecule has 170 valence electrons. The highest BCUT2D eigenvalue weighted by Crippen LogP contribution is 2.40. The number of halogens is 1. The molecule has 3 N–H and O–H groups in total. The van der Waals surface area contributed by atoms with Gasteiger partial charge in [-0.05, 0) is 52.0 Å². The fourth-order valence-corrected chi connectivity index (χ4v) is 3.99. The van der Waals surface area contributed by atoms with Crippen molar-refractivity contribution in [2.75, 3.05) is 13.7 Å². The minimum atomic E-state index is -0.649. The summed E-state index contributed by atoms with van der Waals surface area (Å²) >= 11 is 3.55. The van der Waals surface area contributed by atoms with Crippen molar-refractivity contribution in [1.29, 1.82) is 0 Å². The summed E-state index contributed by atoms with van der Waals surface area (Å²) in [5.41, 5.74) is 2.62. The number of carbonyl (C=O) groups is 2. The van der Waals surface area contributed by atoms with E-state index in [-0.39, 0.29) is 11.9 Å². The Morgan fingerprint density at radius 3 is 2.59 bits per heavy atom. The van der Waals surface area contributed by atoms with Gasteiger partial charge in [-0.1, -0.05) is 44.2 Å². The maximum Gasteiger partial charge on any atom is 0.319 e. The van der Waals surface area contributed by atoms with Crippen LogP contribution in [0.15, 0.2) is 58.2 Å². The highest BCUT2D eigenvalue weighted by molar-refractivity contribution is 9.10. The molecule has 2 aromatic carbocycles. The second kappa shape index (κ2) is 10.5. The van der Waals surface area contributed by atoms with Gasteiger partial charge in [0.05, 0.1) is 29.8 Å². The Morgan fingerprint density at radius 2 is 1.94 bits per heavy atom. The van der Waals surface area contributed by atoms with Gasteiger partial charge < -0.3 is 25.4 Å². The van der Waals surface area contributed by atoms with E-state index in [9.17, 15) is 9.59 Å². The predicted molar refractivity (Wildman–Crippen MR) is 126 cm³/mol. The average Bonchev–Trinajstić information content (AvgIpc) is 2.76. The van der Waals surface area contributed by atoms with Crippen LogP contribution in [-0.2, 0) is 11.3 Å². The fourth-order valence-electron chi connectivity index (χ4n) is 3.41. The molecule has 0 bridgehead atoms. The molecule has 7 nitrogen and oxygen atoms in total. The molecule has 0 aliphatic carbocycles. The number of benzene rings is 2. The van der Waals surface area contributed by atoms with Crippen LogP contribution in [0.5, 0.6) is 11.5 Å².